The topological polar surface area (TPSA) is 42.3 Å². The molecule has 1 aliphatic heterocycles. The van der Waals surface area contributed by atoms with Gasteiger partial charge < -0.3 is 9.80 Å². The highest BCUT2D eigenvalue weighted by Gasteiger charge is 2.33. The molecular weight excluding hydrogens is 224 g/mol. The Hall–Kier alpha value is -0.630. The maximum absolute atomic E-state index is 9.34. The third-order valence-corrected chi connectivity index (χ3v) is 4.25. The molecule has 1 heterocycles. The molecule has 2 fully saturated rings. The van der Waals surface area contributed by atoms with E-state index in [-0.39, 0.29) is 5.54 Å². The van der Waals surface area contributed by atoms with Gasteiger partial charge in [-0.05, 0) is 53.2 Å². The molecule has 1 saturated carbocycles. The van der Waals surface area contributed by atoms with Crippen LogP contribution in [0.25, 0.3) is 0 Å². The summed E-state index contributed by atoms with van der Waals surface area (Å²) < 4.78 is 0. The van der Waals surface area contributed by atoms with Crippen LogP contribution in [0.15, 0.2) is 0 Å². The van der Waals surface area contributed by atoms with Crippen molar-refractivity contribution in [3.63, 3.8) is 0 Å². The summed E-state index contributed by atoms with van der Waals surface area (Å²) in [6.07, 6.45) is 4.67. The number of hydrogen-bond acceptors (Lipinski definition) is 4. The number of nitriles is 1. The number of nitrogens with one attached hydrogen (secondary N) is 1. The van der Waals surface area contributed by atoms with Gasteiger partial charge in [0.15, 0.2) is 0 Å². The third kappa shape index (κ3) is 3.68. The van der Waals surface area contributed by atoms with Gasteiger partial charge in [0, 0.05) is 25.2 Å². The van der Waals surface area contributed by atoms with E-state index in [2.05, 4.69) is 35.3 Å². The first-order chi connectivity index (χ1) is 8.52. The Morgan fingerprint density at radius 1 is 1.39 bits per heavy atom. The minimum Gasteiger partial charge on any atom is -0.305 e. The highest BCUT2D eigenvalue weighted by atomic mass is 15.2. The predicted octanol–water partition coefficient (Wildman–Crippen LogP) is 1.05. The molecule has 1 aliphatic carbocycles. The van der Waals surface area contributed by atoms with Crippen molar-refractivity contribution in [1.29, 1.82) is 5.26 Å². The smallest absolute Gasteiger partial charge is 0.105 e. The third-order valence-electron chi connectivity index (χ3n) is 4.25. The molecule has 4 heteroatoms. The SMILES string of the molecule is CN(C)C1CCN(CCC(C)(C#N)NC2CC2)C1. The lowest BCUT2D eigenvalue weighted by Gasteiger charge is -2.26. The molecule has 0 radical (unpaired) electrons. The quantitative estimate of drug-likeness (QED) is 0.765. The van der Waals surface area contributed by atoms with E-state index in [0.717, 1.165) is 19.5 Å². The van der Waals surface area contributed by atoms with Crippen LogP contribution in [0.1, 0.15) is 32.6 Å². The fourth-order valence-electron chi connectivity index (χ4n) is 2.66. The summed E-state index contributed by atoms with van der Waals surface area (Å²) in [7, 11) is 4.31. The Labute approximate surface area is 111 Å². The van der Waals surface area contributed by atoms with E-state index in [4.69, 9.17) is 0 Å². The Kier molecular flexibility index (Phi) is 4.26. The molecule has 1 N–H and O–H groups in total. The van der Waals surface area contributed by atoms with Crippen molar-refractivity contribution in [3.05, 3.63) is 0 Å². The largest absolute Gasteiger partial charge is 0.305 e. The summed E-state index contributed by atoms with van der Waals surface area (Å²) in [5.74, 6) is 0. The summed E-state index contributed by atoms with van der Waals surface area (Å²) in [5.41, 5.74) is -0.336. The van der Waals surface area contributed by atoms with Gasteiger partial charge in [-0.25, -0.2) is 0 Å². The molecule has 18 heavy (non-hydrogen) atoms. The lowest BCUT2D eigenvalue weighted by molar-refractivity contribution is 0.251. The average molecular weight is 250 g/mol. The Morgan fingerprint density at radius 3 is 2.61 bits per heavy atom. The first-order valence-electron chi connectivity index (χ1n) is 7.10. The second-order valence-electron chi connectivity index (χ2n) is 6.32. The minimum atomic E-state index is -0.336. The molecule has 0 bridgehead atoms. The molecule has 2 atom stereocenters. The average Bonchev–Trinajstić information content (AvgIpc) is 3.00. The zero-order valence-electron chi connectivity index (χ0n) is 11.9. The predicted molar refractivity (Wildman–Crippen MR) is 73.3 cm³/mol. The Bertz CT molecular complexity index is 318. The van der Waals surface area contributed by atoms with Gasteiger partial charge in [-0.2, -0.15) is 5.26 Å². The second kappa shape index (κ2) is 5.56. The molecule has 102 valence electrons. The zero-order valence-corrected chi connectivity index (χ0v) is 11.9. The van der Waals surface area contributed by atoms with E-state index in [1.54, 1.807) is 0 Å². The normalized spacial score (nSPS) is 28.3. The van der Waals surface area contributed by atoms with E-state index >= 15 is 0 Å². The van der Waals surface area contributed by atoms with Crippen LogP contribution in [0.4, 0.5) is 0 Å². The number of likely N-dealkylation sites (tertiary alicyclic amines) is 1. The van der Waals surface area contributed by atoms with Gasteiger partial charge in [-0.3, -0.25) is 5.32 Å². The van der Waals surface area contributed by atoms with Gasteiger partial charge in [0.05, 0.1) is 6.07 Å². The molecule has 1 saturated heterocycles. The molecule has 0 aromatic carbocycles. The molecule has 0 aromatic rings. The molecule has 2 aliphatic rings. The van der Waals surface area contributed by atoms with Crippen LogP contribution in [0, 0.1) is 11.3 Å². The lowest BCUT2D eigenvalue weighted by Crippen LogP contribution is -2.45. The highest BCUT2D eigenvalue weighted by molar-refractivity contribution is 5.07. The molecule has 2 unspecified atom stereocenters. The van der Waals surface area contributed by atoms with Crippen LogP contribution < -0.4 is 5.32 Å². The van der Waals surface area contributed by atoms with Gasteiger partial charge in [-0.1, -0.05) is 0 Å². The fraction of sp³-hybridized carbons (Fsp3) is 0.929. The molecule has 0 spiro atoms. The molecule has 0 aromatic heterocycles. The Balaban J connectivity index is 1.75. The lowest BCUT2D eigenvalue weighted by atomic mass is 9.99. The summed E-state index contributed by atoms with van der Waals surface area (Å²) in [4.78, 5) is 4.81. The number of hydrogen-bond donors (Lipinski definition) is 1. The van der Waals surface area contributed by atoms with Gasteiger partial charge in [0.1, 0.15) is 5.54 Å². The van der Waals surface area contributed by atoms with Crippen molar-refractivity contribution in [2.24, 2.45) is 0 Å². The van der Waals surface area contributed by atoms with Crippen molar-refractivity contribution in [3.8, 4) is 6.07 Å². The summed E-state index contributed by atoms with van der Waals surface area (Å²) >= 11 is 0. The van der Waals surface area contributed by atoms with Crippen LogP contribution in [0.5, 0.6) is 0 Å². The molecular formula is C14H26N4. The van der Waals surface area contributed by atoms with Crippen LogP contribution >= 0.6 is 0 Å². The maximum atomic E-state index is 9.34. The van der Waals surface area contributed by atoms with Crippen LogP contribution in [0.3, 0.4) is 0 Å². The molecule has 0 amide bonds. The fourth-order valence-corrected chi connectivity index (χ4v) is 2.66. The second-order valence-corrected chi connectivity index (χ2v) is 6.32. The van der Waals surface area contributed by atoms with Crippen molar-refractivity contribution in [1.82, 2.24) is 15.1 Å². The number of rotatable bonds is 6. The van der Waals surface area contributed by atoms with Crippen LogP contribution in [-0.2, 0) is 0 Å². The molecule has 4 nitrogen and oxygen atoms in total. The van der Waals surface area contributed by atoms with Gasteiger partial charge >= 0.3 is 0 Å². The van der Waals surface area contributed by atoms with Gasteiger partial charge in [0.2, 0.25) is 0 Å². The van der Waals surface area contributed by atoms with Crippen molar-refractivity contribution < 1.29 is 0 Å². The standard InChI is InChI=1S/C14H26N4/c1-14(11-15,16-12-4-5-12)7-9-18-8-6-13(10-18)17(2)3/h12-13,16H,4-10H2,1-3H3. The van der Waals surface area contributed by atoms with Crippen LogP contribution in [-0.4, -0.2) is 61.2 Å². The summed E-state index contributed by atoms with van der Waals surface area (Å²) in [6, 6.07) is 3.75. The molecule has 2 rings (SSSR count). The summed E-state index contributed by atoms with van der Waals surface area (Å²) in [5, 5.41) is 12.8. The van der Waals surface area contributed by atoms with E-state index in [1.165, 1.54) is 25.8 Å². The highest BCUT2D eigenvalue weighted by Crippen LogP contribution is 2.24. The van der Waals surface area contributed by atoms with E-state index in [9.17, 15) is 5.26 Å². The van der Waals surface area contributed by atoms with E-state index < -0.39 is 0 Å². The van der Waals surface area contributed by atoms with Crippen LogP contribution in [0.2, 0.25) is 0 Å². The maximum Gasteiger partial charge on any atom is 0.105 e. The van der Waals surface area contributed by atoms with Crippen molar-refractivity contribution in [2.75, 3.05) is 33.7 Å². The van der Waals surface area contributed by atoms with Crippen molar-refractivity contribution in [2.45, 2.75) is 50.2 Å². The first kappa shape index (κ1) is 13.8. The van der Waals surface area contributed by atoms with E-state index in [1.807, 2.05) is 6.92 Å². The monoisotopic (exact) mass is 250 g/mol. The first-order valence-corrected chi connectivity index (χ1v) is 7.10. The summed E-state index contributed by atoms with van der Waals surface area (Å²) in [6.45, 7) is 5.41. The van der Waals surface area contributed by atoms with Gasteiger partial charge in [0.25, 0.3) is 0 Å². The zero-order chi connectivity index (χ0) is 13.2. The number of nitrogens with zero attached hydrogens (tertiary/aromatic N) is 3. The van der Waals surface area contributed by atoms with Gasteiger partial charge in [-0.15, -0.1) is 0 Å². The van der Waals surface area contributed by atoms with E-state index in [0.29, 0.717) is 12.1 Å². The minimum absolute atomic E-state index is 0.336. The number of likely N-dealkylation sites (N-methyl/N-ethyl adjacent to an activating group) is 1. The Morgan fingerprint density at radius 2 is 2.11 bits per heavy atom. The van der Waals surface area contributed by atoms with Crippen molar-refractivity contribution >= 4 is 0 Å².